The van der Waals surface area contributed by atoms with Gasteiger partial charge in [-0.2, -0.15) is 0 Å². The standard InChI is InChI=1S/C15H12Cl2FNO5S/c16-10-2-3-11(17)13(8-10)24-6-5-19-25(22,23)14-7-9(15(20)21)1-4-12(14)18/h1-4,7-8,19H,5-6H2,(H,20,21)/p-1. The van der Waals surface area contributed by atoms with E-state index < -0.39 is 32.3 Å². The second-order valence-electron chi connectivity index (χ2n) is 4.75. The Labute approximate surface area is 153 Å². The highest BCUT2D eigenvalue weighted by molar-refractivity contribution is 7.89. The van der Waals surface area contributed by atoms with Gasteiger partial charge in [-0.3, -0.25) is 0 Å². The molecule has 1 N–H and O–H groups in total. The fourth-order valence-corrected chi connectivity index (χ4v) is 3.29. The molecule has 2 aromatic rings. The summed E-state index contributed by atoms with van der Waals surface area (Å²) in [6.45, 7) is -0.318. The van der Waals surface area contributed by atoms with Gasteiger partial charge in [-0.25, -0.2) is 17.5 Å². The largest absolute Gasteiger partial charge is 0.545 e. The zero-order valence-electron chi connectivity index (χ0n) is 12.5. The van der Waals surface area contributed by atoms with Crippen molar-refractivity contribution in [2.75, 3.05) is 13.2 Å². The molecule has 0 amide bonds. The lowest BCUT2D eigenvalue weighted by Gasteiger charge is -2.11. The second-order valence-corrected chi connectivity index (χ2v) is 7.33. The van der Waals surface area contributed by atoms with Crippen LogP contribution < -0.4 is 14.6 Å². The number of hydrogen-bond donors (Lipinski definition) is 1. The molecule has 0 radical (unpaired) electrons. The SMILES string of the molecule is O=C([O-])c1ccc(F)c(S(=O)(=O)NCCOc2cc(Cl)ccc2Cl)c1. The van der Waals surface area contributed by atoms with Crippen LogP contribution in [0.15, 0.2) is 41.3 Å². The lowest BCUT2D eigenvalue weighted by atomic mass is 10.2. The molecule has 0 unspecified atom stereocenters. The first kappa shape index (κ1) is 19.5. The molecule has 0 atom stereocenters. The number of rotatable bonds is 7. The number of benzene rings is 2. The molecule has 134 valence electrons. The number of carboxylic acids is 1. The minimum Gasteiger partial charge on any atom is -0.545 e. The van der Waals surface area contributed by atoms with E-state index in [4.69, 9.17) is 27.9 Å². The van der Waals surface area contributed by atoms with Crippen LogP contribution in [0, 0.1) is 5.82 Å². The number of halogens is 3. The lowest BCUT2D eigenvalue weighted by Crippen LogP contribution is -2.29. The van der Waals surface area contributed by atoms with E-state index in [1.54, 1.807) is 6.07 Å². The molecular weight excluding hydrogens is 396 g/mol. The van der Waals surface area contributed by atoms with Gasteiger partial charge in [0.15, 0.2) is 0 Å². The highest BCUT2D eigenvalue weighted by Gasteiger charge is 2.19. The molecule has 0 saturated carbocycles. The van der Waals surface area contributed by atoms with Crippen molar-refractivity contribution >= 4 is 39.2 Å². The Kier molecular flexibility index (Phi) is 6.23. The van der Waals surface area contributed by atoms with E-state index in [2.05, 4.69) is 4.72 Å². The van der Waals surface area contributed by atoms with Gasteiger partial charge in [0.25, 0.3) is 0 Å². The van der Waals surface area contributed by atoms with Crippen molar-refractivity contribution in [1.82, 2.24) is 4.72 Å². The minimum absolute atomic E-state index is 0.110. The van der Waals surface area contributed by atoms with Crippen LogP contribution in [0.4, 0.5) is 4.39 Å². The van der Waals surface area contributed by atoms with E-state index in [1.165, 1.54) is 12.1 Å². The Balaban J connectivity index is 2.04. The number of sulfonamides is 1. The first-order chi connectivity index (χ1) is 11.7. The van der Waals surface area contributed by atoms with Gasteiger partial charge in [-0.05, 0) is 29.8 Å². The van der Waals surface area contributed by atoms with Crippen LogP contribution in [0.2, 0.25) is 10.0 Å². The van der Waals surface area contributed by atoms with Crippen LogP contribution >= 0.6 is 23.2 Å². The third-order valence-corrected chi connectivity index (χ3v) is 5.02. The zero-order valence-corrected chi connectivity index (χ0v) is 14.8. The Morgan fingerprint density at radius 1 is 1.20 bits per heavy atom. The van der Waals surface area contributed by atoms with Crippen LogP contribution in [0.3, 0.4) is 0 Å². The fraction of sp³-hybridized carbons (Fsp3) is 0.133. The number of ether oxygens (including phenoxy) is 1. The van der Waals surface area contributed by atoms with Crippen molar-refractivity contribution in [2.24, 2.45) is 0 Å². The molecule has 0 spiro atoms. The number of aromatic carboxylic acids is 1. The van der Waals surface area contributed by atoms with Gasteiger partial charge in [-0.15, -0.1) is 0 Å². The Morgan fingerprint density at radius 3 is 2.60 bits per heavy atom. The predicted molar refractivity (Wildman–Crippen MR) is 87.9 cm³/mol. The quantitative estimate of drug-likeness (QED) is 0.707. The molecule has 0 saturated heterocycles. The summed E-state index contributed by atoms with van der Waals surface area (Å²) in [4.78, 5) is 9.98. The number of nitrogens with one attached hydrogen (secondary N) is 1. The minimum atomic E-state index is -4.27. The maximum Gasteiger partial charge on any atom is 0.243 e. The van der Waals surface area contributed by atoms with Crippen LogP contribution in [0.5, 0.6) is 5.75 Å². The van der Waals surface area contributed by atoms with Gasteiger partial charge in [0.05, 0.1) is 11.0 Å². The molecule has 0 fully saturated rings. The van der Waals surface area contributed by atoms with Gasteiger partial charge in [0, 0.05) is 17.6 Å². The zero-order chi connectivity index (χ0) is 18.6. The summed E-state index contributed by atoms with van der Waals surface area (Å²) < 4.78 is 45.3. The van der Waals surface area contributed by atoms with Crippen LogP contribution in [-0.2, 0) is 10.0 Å². The molecule has 0 aliphatic carbocycles. The van der Waals surface area contributed by atoms with E-state index in [0.29, 0.717) is 16.1 Å². The van der Waals surface area contributed by atoms with Crippen molar-refractivity contribution in [3.63, 3.8) is 0 Å². The maximum atomic E-state index is 13.7. The monoisotopic (exact) mass is 406 g/mol. The number of hydrogen-bond acceptors (Lipinski definition) is 5. The number of carbonyl (C=O) groups is 1. The molecule has 25 heavy (non-hydrogen) atoms. The lowest BCUT2D eigenvalue weighted by molar-refractivity contribution is -0.255. The van der Waals surface area contributed by atoms with Crippen LogP contribution in [0.1, 0.15) is 10.4 Å². The normalized spacial score (nSPS) is 11.3. The molecule has 0 aliphatic heterocycles. The average molecular weight is 407 g/mol. The predicted octanol–water partition coefficient (Wildman–Crippen LogP) is 1.85. The molecule has 0 bridgehead atoms. The molecule has 10 heteroatoms. The Bertz CT molecular complexity index is 905. The van der Waals surface area contributed by atoms with Crippen molar-refractivity contribution in [2.45, 2.75) is 4.90 Å². The smallest absolute Gasteiger partial charge is 0.243 e. The van der Waals surface area contributed by atoms with Crippen LogP contribution in [0.25, 0.3) is 0 Å². The van der Waals surface area contributed by atoms with Gasteiger partial charge in [0.1, 0.15) is 23.1 Å². The van der Waals surface area contributed by atoms with Crippen molar-refractivity contribution in [3.05, 3.63) is 57.8 Å². The van der Waals surface area contributed by atoms with Crippen molar-refractivity contribution in [1.29, 1.82) is 0 Å². The van der Waals surface area contributed by atoms with Gasteiger partial charge >= 0.3 is 0 Å². The van der Waals surface area contributed by atoms with E-state index in [-0.39, 0.29) is 18.9 Å². The Hall–Kier alpha value is -1.87. The molecule has 0 heterocycles. The van der Waals surface area contributed by atoms with E-state index in [9.17, 15) is 22.7 Å². The highest BCUT2D eigenvalue weighted by Crippen LogP contribution is 2.27. The molecule has 6 nitrogen and oxygen atoms in total. The van der Waals surface area contributed by atoms with Crippen LogP contribution in [-0.4, -0.2) is 27.5 Å². The summed E-state index contributed by atoms with van der Waals surface area (Å²) in [6.07, 6.45) is 0. The summed E-state index contributed by atoms with van der Waals surface area (Å²) in [5, 5.41) is 11.5. The maximum absolute atomic E-state index is 13.7. The molecule has 2 aromatic carbocycles. The van der Waals surface area contributed by atoms with E-state index >= 15 is 0 Å². The summed E-state index contributed by atoms with van der Waals surface area (Å²) in [6, 6.07) is 6.87. The first-order valence-electron chi connectivity index (χ1n) is 6.79. The molecule has 0 aromatic heterocycles. The topological polar surface area (TPSA) is 95.5 Å². The second kappa shape index (κ2) is 8.01. The van der Waals surface area contributed by atoms with Gasteiger partial charge in [-0.1, -0.05) is 29.3 Å². The summed E-state index contributed by atoms with van der Waals surface area (Å²) in [5.74, 6) is -2.44. The molecule has 0 aliphatic rings. The first-order valence-corrected chi connectivity index (χ1v) is 9.03. The summed E-state index contributed by atoms with van der Waals surface area (Å²) in [7, 11) is -4.27. The van der Waals surface area contributed by atoms with Gasteiger partial charge < -0.3 is 14.6 Å². The number of carboxylic acid groups (broad SMARTS) is 1. The highest BCUT2D eigenvalue weighted by atomic mass is 35.5. The summed E-state index contributed by atoms with van der Waals surface area (Å²) >= 11 is 11.7. The molecular formula is C15H11Cl2FNO5S-. The fourth-order valence-electron chi connectivity index (χ4n) is 1.84. The third-order valence-electron chi connectivity index (χ3n) is 3.00. The summed E-state index contributed by atoms with van der Waals surface area (Å²) in [5.41, 5.74) is -0.455. The Morgan fingerprint density at radius 2 is 1.92 bits per heavy atom. The van der Waals surface area contributed by atoms with Crippen molar-refractivity contribution in [3.8, 4) is 5.75 Å². The average Bonchev–Trinajstić information content (AvgIpc) is 2.54. The third kappa shape index (κ3) is 5.05. The number of carbonyl (C=O) groups excluding carboxylic acids is 1. The van der Waals surface area contributed by atoms with Crippen molar-refractivity contribution < 1.29 is 27.4 Å². The van der Waals surface area contributed by atoms with Gasteiger partial charge in [0.2, 0.25) is 10.0 Å². The van der Waals surface area contributed by atoms with E-state index in [0.717, 1.165) is 12.1 Å². The molecule has 2 rings (SSSR count). The van der Waals surface area contributed by atoms with E-state index in [1.807, 2.05) is 0 Å².